The van der Waals surface area contributed by atoms with E-state index in [1.54, 1.807) is 22.8 Å². The number of carbonyl (C=O) groups is 2. The summed E-state index contributed by atoms with van der Waals surface area (Å²) in [5.74, 6) is 0.570. The molecule has 0 unspecified atom stereocenters. The van der Waals surface area contributed by atoms with Crippen LogP contribution in [0.15, 0.2) is 41.1 Å². The highest BCUT2D eigenvalue weighted by molar-refractivity contribution is 7.90. The first-order valence-electron chi connectivity index (χ1n) is 9.93. The standard InChI is InChI=1S/C20H18ClN7O4S/c1-33(31,32)12-4-5-14(13(21)7-12)24-16-8-17(23-11-2-3-11)28-18(26-16)10(9-22-28)6-15-19(29)27-20(30)25-15/h4-9,11,23H,2-3H2,1H3,(H,24,26)(H2,25,27,29,30)/b15-6-. The maximum absolute atomic E-state index is 11.9. The first-order valence-corrected chi connectivity index (χ1v) is 12.2. The molecule has 1 aromatic carbocycles. The van der Waals surface area contributed by atoms with Crippen molar-refractivity contribution in [3.05, 3.63) is 46.7 Å². The lowest BCUT2D eigenvalue weighted by molar-refractivity contribution is -0.115. The van der Waals surface area contributed by atoms with Gasteiger partial charge in [0.15, 0.2) is 15.5 Å². The number of urea groups is 1. The van der Waals surface area contributed by atoms with Gasteiger partial charge in [-0.3, -0.25) is 10.1 Å². The van der Waals surface area contributed by atoms with Gasteiger partial charge in [0, 0.05) is 23.9 Å². The van der Waals surface area contributed by atoms with E-state index < -0.39 is 21.8 Å². The van der Waals surface area contributed by atoms with Crippen molar-refractivity contribution >= 4 is 62.4 Å². The van der Waals surface area contributed by atoms with Crippen molar-refractivity contribution in [3.8, 4) is 0 Å². The molecule has 2 aliphatic rings. The Labute approximate surface area is 193 Å². The summed E-state index contributed by atoms with van der Waals surface area (Å²) in [6.07, 6.45) is 6.22. The Morgan fingerprint density at radius 1 is 1.21 bits per heavy atom. The van der Waals surface area contributed by atoms with Gasteiger partial charge in [-0.2, -0.15) is 9.61 Å². The number of carbonyl (C=O) groups excluding carboxylic acids is 2. The van der Waals surface area contributed by atoms with Crippen LogP contribution >= 0.6 is 11.6 Å². The van der Waals surface area contributed by atoms with Crippen LogP contribution in [0.4, 0.5) is 22.1 Å². The third-order valence-electron chi connectivity index (χ3n) is 5.08. The molecule has 1 aliphatic heterocycles. The van der Waals surface area contributed by atoms with Gasteiger partial charge >= 0.3 is 6.03 Å². The summed E-state index contributed by atoms with van der Waals surface area (Å²) in [5, 5.41) is 15.7. The second-order valence-electron chi connectivity index (χ2n) is 7.79. The molecule has 0 atom stereocenters. The lowest BCUT2D eigenvalue weighted by Gasteiger charge is -2.13. The molecule has 13 heteroatoms. The monoisotopic (exact) mass is 487 g/mol. The number of benzene rings is 1. The summed E-state index contributed by atoms with van der Waals surface area (Å²) in [5.41, 5.74) is 1.52. The smallest absolute Gasteiger partial charge is 0.326 e. The van der Waals surface area contributed by atoms with Crippen LogP contribution in [-0.4, -0.2) is 47.3 Å². The quantitative estimate of drug-likeness (QED) is 0.306. The average Bonchev–Trinajstić information content (AvgIpc) is 3.37. The minimum Gasteiger partial charge on any atom is -0.367 e. The van der Waals surface area contributed by atoms with Crippen molar-refractivity contribution in [1.29, 1.82) is 0 Å². The predicted molar refractivity (Wildman–Crippen MR) is 122 cm³/mol. The van der Waals surface area contributed by atoms with E-state index >= 15 is 0 Å². The number of fused-ring (bicyclic) bond motifs is 1. The molecule has 0 radical (unpaired) electrons. The summed E-state index contributed by atoms with van der Waals surface area (Å²) >= 11 is 6.31. The van der Waals surface area contributed by atoms with Crippen LogP contribution in [0.2, 0.25) is 5.02 Å². The fourth-order valence-corrected chi connectivity index (χ4v) is 4.23. The van der Waals surface area contributed by atoms with Crippen molar-refractivity contribution in [2.75, 3.05) is 16.9 Å². The highest BCUT2D eigenvalue weighted by Gasteiger charge is 2.25. The lowest BCUT2D eigenvalue weighted by atomic mass is 10.2. The number of imide groups is 1. The molecule has 2 fully saturated rings. The predicted octanol–water partition coefficient (Wildman–Crippen LogP) is 2.28. The third-order valence-corrected chi connectivity index (χ3v) is 6.50. The highest BCUT2D eigenvalue weighted by Crippen LogP contribution is 2.31. The number of aromatic nitrogens is 3. The van der Waals surface area contributed by atoms with Crippen LogP contribution in [0, 0.1) is 0 Å². The molecule has 170 valence electrons. The SMILES string of the molecule is CS(=O)(=O)c1ccc(Nc2cc(NC3CC3)n3ncc(/C=C4\NC(=O)NC4=O)c3n2)c(Cl)c1. The van der Waals surface area contributed by atoms with E-state index in [-0.39, 0.29) is 15.6 Å². The van der Waals surface area contributed by atoms with E-state index in [1.165, 1.54) is 18.2 Å². The minimum absolute atomic E-state index is 0.0890. The van der Waals surface area contributed by atoms with Gasteiger partial charge < -0.3 is 16.0 Å². The molecule has 1 saturated carbocycles. The van der Waals surface area contributed by atoms with E-state index in [1.807, 2.05) is 0 Å². The summed E-state index contributed by atoms with van der Waals surface area (Å²) in [4.78, 5) is 28.1. The summed E-state index contributed by atoms with van der Waals surface area (Å²) in [7, 11) is -3.39. The van der Waals surface area contributed by atoms with Crippen molar-refractivity contribution < 1.29 is 18.0 Å². The Bertz CT molecular complexity index is 1460. The molecule has 0 bridgehead atoms. The number of halogens is 1. The highest BCUT2D eigenvalue weighted by atomic mass is 35.5. The fraction of sp³-hybridized carbons (Fsp3) is 0.200. The van der Waals surface area contributed by atoms with Gasteiger partial charge in [-0.1, -0.05) is 11.6 Å². The first kappa shape index (κ1) is 21.2. The van der Waals surface area contributed by atoms with Crippen LogP contribution in [0.5, 0.6) is 0 Å². The Kier molecular flexibility index (Phi) is 4.98. The van der Waals surface area contributed by atoms with E-state index in [0.717, 1.165) is 19.1 Å². The number of hydrogen-bond acceptors (Lipinski definition) is 8. The molecule has 0 spiro atoms. The molecule has 2 aromatic heterocycles. The Morgan fingerprint density at radius 3 is 2.64 bits per heavy atom. The maximum atomic E-state index is 11.9. The molecule has 11 nitrogen and oxygen atoms in total. The average molecular weight is 488 g/mol. The van der Waals surface area contributed by atoms with Crippen LogP contribution in [0.3, 0.4) is 0 Å². The zero-order chi connectivity index (χ0) is 23.3. The lowest BCUT2D eigenvalue weighted by Crippen LogP contribution is -2.22. The van der Waals surface area contributed by atoms with Crippen molar-refractivity contribution in [3.63, 3.8) is 0 Å². The topological polar surface area (TPSA) is 147 Å². The second kappa shape index (κ2) is 7.74. The number of sulfone groups is 1. The Balaban J connectivity index is 1.55. The van der Waals surface area contributed by atoms with Crippen molar-refractivity contribution in [1.82, 2.24) is 25.2 Å². The van der Waals surface area contributed by atoms with Gasteiger partial charge in [-0.05, 0) is 37.1 Å². The minimum atomic E-state index is -3.39. The van der Waals surface area contributed by atoms with Gasteiger partial charge in [0.1, 0.15) is 17.3 Å². The van der Waals surface area contributed by atoms with E-state index in [4.69, 9.17) is 11.6 Å². The normalized spacial score (nSPS) is 17.3. The number of hydrogen-bond donors (Lipinski definition) is 4. The summed E-state index contributed by atoms with van der Waals surface area (Å²) in [6, 6.07) is 5.89. The van der Waals surface area contributed by atoms with Gasteiger partial charge in [0.05, 0.1) is 21.8 Å². The van der Waals surface area contributed by atoms with Gasteiger partial charge in [0.2, 0.25) is 0 Å². The molecule has 5 rings (SSSR count). The van der Waals surface area contributed by atoms with E-state index in [2.05, 4.69) is 31.3 Å². The zero-order valence-corrected chi connectivity index (χ0v) is 18.8. The number of rotatable bonds is 6. The fourth-order valence-electron chi connectivity index (χ4n) is 3.29. The van der Waals surface area contributed by atoms with Gasteiger partial charge in [-0.15, -0.1) is 0 Å². The van der Waals surface area contributed by atoms with Crippen LogP contribution < -0.4 is 21.3 Å². The molecule has 3 heterocycles. The molecular weight excluding hydrogens is 470 g/mol. The van der Waals surface area contributed by atoms with E-state index in [9.17, 15) is 18.0 Å². The number of nitrogens with one attached hydrogen (secondary N) is 4. The molecular formula is C20H18ClN7O4S. The zero-order valence-electron chi connectivity index (χ0n) is 17.2. The number of amides is 3. The largest absolute Gasteiger partial charge is 0.367 e. The second-order valence-corrected chi connectivity index (χ2v) is 10.2. The molecule has 33 heavy (non-hydrogen) atoms. The van der Waals surface area contributed by atoms with Gasteiger partial charge in [0.25, 0.3) is 5.91 Å². The maximum Gasteiger partial charge on any atom is 0.326 e. The number of nitrogens with zero attached hydrogens (tertiary/aromatic N) is 3. The van der Waals surface area contributed by atoms with Gasteiger partial charge in [-0.25, -0.2) is 18.2 Å². The Hall–Kier alpha value is -3.64. The summed E-state index contributed by atoms with van der Waals surface area (Å²) in [6.45, 7) is 0. The Morgan fingerprint density at radius 2 is 2.00 bits per heavy atom. The van der Waals surface area contributed by atoms with Crippen molar-refractivity contribution in [2.45, 2.75) is 23.8 Å². The molecule has 3 amide bonds. The van der Waals surface area contributed by atoms with Crippen LogP contribution in [0.1, 0.15) is 18.4 Å². The van der Waals surface area contributed by atoms with Crippen molar-refractivity contribution in [2.24, 2.45) is 0 Å². The molecule has 3 aromatic rings. The summed E-state index contributed by atoms with van der Waals surface area (Å²) < 4.78 is 25.2. The number of anilines is 3. The molecule has 4 N–H and O–H groups in total. The molecule has 1 aliphatic carbocycles. The first-order chi connectivity index (χ1) is 15.7. The third kappa shape index (κ3) is 4.34. The van der Waals surface area contributed by atoms with Crippen LogP contribution in [-0.2, 0) is 14.6 Å². The van der Waals surface area contributed by atoms with Crippen LogP contribution in [0.25, 0.3) is 11.7 Å². The molecule has 1 saturated heterocycles. The van der Waals surface area contributed by atoms with E-state index in [0.29, 0.717) is 34.6 Å².